The van der Waals surface area contributed by atoms with Gasteiger partial charge in [-0.25, -0.2) is 0 Å². The Balaban J connectivity index is 1.35. The molecule has 152 valence electrons. The van der Waals surface area contributed by atoms with Crippen LogP contribution in [0.15, 0.2) is 66.4 Å². The van der Waals surface area contributed by atoms with E-state index in [-0.39, 0.29) is 11.9 Å². The minimum atomic E-state index is 0.191. The van der Waals surface area contributed by atoms with Crippen LogP contribution >= 0.6 is 0 Å². The number of piperidine rings is 1. The molecule has 4 nitrogen and oxygen atoms in total. The molecule has 2 heterocycles. The van der Waals surface area contributed by atoms with Gasteiger partial charge in [0.05, 0.1) is 12.6 Å². The van der Waals surface area contributed by atoms with E-state index in [1.54, 1.807) is 0 Å². The summed E-state index contributed by atoms with van der Waals surface area (Å²) in [4.78, 5) is 17.4. The highest BCUT2D eigenvalue weighted by molar-refractivity contribution is 5.94. The van der Waals surface area contributed by atoms with E-state index in [2.05, 4.69) is 49.2 Å². The lowest BCUT2D eigenvalue weighted by atomic mass is 9.97. The Morgan fingerprint density at radius 3 is 2.66 bits per heavy atom. The Labute approximate surface area is 173 Å². The Morgan fingerprint density at radius 1 is 1.10 bits per heavy atom. The molecular weight excluding hydrogens is 360 g/mol. The molecule has 2 aliphatic heterocycles. The molecule has 2 aromatic rings. The summed E-state index contributed by atoms with van der Waals surface area (Å²) in [6.45, 7) is 4.36. The van der Waals surface area contributed by atoms with Gasteiger partial charge in [0.15, 0.2) is 0 Å². The van der Waals surface area contributed by atoms with Gasteiger partial charge in [0, 0.05) is 44.2 Å². The maximum atomic E-state index is 13.2. The summed E-state index contributed by atoms with van der Waals surface area (Å²) >= 11 is 0. The molecule has 29 heavy (non-hydrogen) atoms. The first-order valence-corrected chi connectivity index (χ1v) is 10.6. The second kappa shape index (κ2) is 8.73. The van der Waals surface area contributed by atoms with Gasteiger partial charge < -0.3 is 14.5 Å². The highest BCUT2D eigenvalue weighted by atomic mass is 16.5. The molecule has 0 aromatic heterocycles. The fraction of sp³-hybridized carbons (Fsp3) is 0.400. The molecule has 0 saturated carbocycles. The zero-order chi connectivity index (χ0) is 20.2. The van der Waals surface area contributed by atoms with Crippen molar-refractivity contribution in [2.45, 2.75) is 32.2 Å². The molecule has 1 amide bonds. The van der Waals surface area contributed by atoms with E-state index < -0.39 is 0 Å². The molecule has 2 aliphatic rings. The third-order valence-electron chi connectivity index (χ3n) is 6.10. The van der Waals surface area contributed by atoms with Gasteiger partial charge in [-0.1, -0.05) is 48.5 Å². The van der Waals surface area contributed by atoms with Gasteiger partial charge >= 0.3 is 0 Å². The van der Waals surface area contributed by atoms with Crippen LogP contribution in [-0.4, -0.2) is 42.5 Å². The maximum absolute atomic E-state index is 13.2. The zero-order valence-corrected chi connectivity index (χ0v) is 17.4. The molecule has 0 N–H and O–H groups in total. The molecule has 4 heteroatoms. The van der Waals surface area contributed by atoms with Gasteiger partial charge in [0.2, 0.25) is 0 Å². The van der Waals surface area contributed by atoms with Gasteiger partial charge in [-0.15, -0.1) is 0 Å². The quantitative estimate of drug-likeness (QED) is 0.750. The molecule has 4 rings (SSSR count). The van der Waals surface area contributed by atoms with Crippen LogP contribution in [-0.2, 0) is 4.79 Å². The number of likely N-dealkylation sites (tertiary alicyclic amines) is 1. The van der Waals surface area contributed by atoms with E-state index in [9.17, 15) is 4.79 Å². The Hall–Kier alpha value is -2.75. The second-order valence-electron chi connectivity index (χ2n) is 8.29. The largest absolute Gasteiger partial charge is 0.493 e. The van der Waals surface area contributed by atoms with E-state index >= 15 is 0 Å². The first kappa shape index (κ1) is 19.6. The number of rotatable bonds is 5. The number of aryl methyl sites for hydroxylation is 1. The third kappa shape index (κ3) is 4.47. The monoisotopic (exact) mass is 390 g/mol. The van der Waals surface area contributed by atoms with E-state index in [1.165, 1.54) is 5.56 Å². The van der Waals surface area contributed by atoms with Crippen molar-refractivity contribution in [3.63, 3.8) is 0 Å². The van der Waals surface area contributed by atoms with E-state index in [0.29, 0.717) is 12.5 Å². The Kier molecular flexibility index (Phi) is 5.89. The fourth-order valence-corrected chi connectivity index (χ4v) is 4.43. The molecule has 2 atom stereocenters. The standard InChI is InChI=1S/C25H30N2O2/c1-19-9-6-7-13-24(19)29-18-20-10-8-14-27(16-20)25(28)22-15-23(26(2)17-22)21-11-4-3-5-12-21/h3-7,9,11-13,17,20,23H,8,10,14-16,18H2,1-2H3. The van der Waals surface area contributed by atoms with Crippen molar-refractivity contribution in [1.29, 1.82) is 0 Å². The van der Waals surface area contributed by atoms with Crippen LogP contribution in [0, 0.1) is 12.8 Å². The number of ether oxygens (including phenoxy) is 1. The van der Waals surface area contributed by atoms with Crippen LogP contribution in [0.1, 0.15) is 36.4 Å². The molecule has 2 unspecified atom stereocenters. The Morgan fingerprint density at radius 2 is 1.86 bits per heavy atom. The van der Waals surface area contributed by atoms with Crippen LogP contribution in [0.2, 0.25) is 0 Å². The Bertz CT molecular complexity index is 877. The van der Waals surface area contributed by atoms with Crippen molar-refractivity contribution in [1.82, 2.24) is 9.80 Å². The predicted molar refractivity (Wildman–Crippen MR) is 116 cm³/mol. The van der Waals surface area contributed by atoms with Gasteiger partial charge in [-0.2, -0.15) is 0 Å². The topological polar surface area (TPSA) is 32.8 Å². The number of para-hydroxylation sites is 1. The van der Waals surface area contributed by atoms with Crippen LogP contribution in [0.4, 0.5) is 0 Å². The SMILES string of the molecule is Cc1ccccc1OCC1CCCN(C(=O)C2=CN(C)C(c3ccccc3)C2)C1. The number of carbonyl (C=O) groups excluding carboxylic acids is 1. The van der Waals surface area contributed by atoms with Crippen molar-refractivity contribution in [3.8, 4) is 5.75 Å². The number of hydrogen-bond acceptors (Lipinski definition) is 3. The van der Waals surface area contributed by atoms with Crippen LogP contribution in [0.5, 0.6) is 5.75 Å². The summed E-state index contributed by atoms with van der Waals surface area (Å²) in [6, 6.07) is 18.8. The lowest BCUT2D eigenvalue weighted by molar-refractivity contribution is -0.129. The minimum Gasteiger partial charge on any atom is -0.493 e. The van der Waals surface area contributed by atoms with E-state index in [1.807, 2.05) is 35.4 Å². The molecule has 0 bridgehead atoms. The molecule has 0 radical (unpaired) electrons. The minimum absolute atomic E-state index is 0.191. The second-order valence-corrected chi connectivity index (χ2v) is 8.29. The first-order valence-electron chi connectivity index (χ1n) is 10.6. The smallest absolute Gasteiger partial charge is 0.251 e. The molecular formula is C25H30N2O2. The summed E-state index contributed by atoms with van der Waals surface area (Å²) < 4.78 is 6.06. The molecule has 2 aromatic carbocycles. The normalized spacial score (nSPS) is 21.8. The number of carbonyl (C=O) groups is 1. The van der Waals surface area contributed by atoms with Crippen molar-refractivity contribution < 1.29 is 9.53 Å². The van der Waals surface area contributed by atoms with Gasteiger partial charge in [0.1, 0.15) is 5.75 Å². The predicted octanol–water partition coefficient (Wildman–Crippen LogP) is 4.57. The summed E-state index contributed by atoms with van der Waals surface area (Å²) in [6.07, 6.45) is 4.97. The average Bonchev–Trinajstić information content (AvgIpc) is 3.15. The lowest BCUT2D eigenvalue weighted by Crippen LogP contribution is -2.42. The number of amides is 1. The molecule has 1 fully saturated rings. The summed E-state index contributed by atoms with van der Waals surface area (Å²) in [7, 11) is 2.06. The van der Waals surface area contributed by atoms with Crippen molar-refractivity contribution in [3.05, 3.63) is 77.5 Å². The van der Waals surface area contributed by atoms with Crippen molar-refractivity contribution >= 4 is 5.91 Å². The molecule has 1 saturated heterocycles. The van der Waals surface area contributed by atoms with Gasteiger partial charge in [-0.3, -0.25) is 4.79 Å². The average molecular weight is 391 g/mol. The van der Waals surface area contributed by atoms with Crippen molar-refractivity contribution in [2.24, 2.45) is 5.92 Å². The van der Waals surface area contributed by atoms with Gasteiger partial charge in [-0.05, 0) is 37.0 Å². The third-order valence-corrected chi connectivity index (χ3v) is 6.10. The summed E-state index contributed by atoms with van der Waals surface area (Å²) in [5.74, 6) is 1.52. The zero-order valence-electron chi connectivity index (χ0n) is 17.4. The lowest BCUT2D eigenvalue weighted by Gasteiger charge is -2.33. The van der Waals surface area contributed by atoms with Crippen LogP contribution in [0.3, 0.4) is 0 Å². The number of nitrogens with zero attached hydrogens (tertiary/aromatic N) is 2. The summed E-state index contributed by atoms with van der Waals surface area (Å²) in [5.41, 5.74) is 3.33. The highest BCUT2D eigenvalue weighted by Crippen LogP contribution is 2.34. The summed E-state index contributed by atoms with van der Waals surface area (Å²) in [5, 5.41) is 0. The van der Waals surface area contributed by atoms with E-state index in [4.69, 9.17) is 4.74 Å². The maximum Gasteiger partial charge on any atom is 0.251 e. The molecule has 0 spiro atoms. The van der Waals surface area contributed by atoms with Crippen LogP contribution < -0.4 is 4.74 Å². The van der Waals surface area contributed by atoms with Gasteiger partial charge in [0.25, 0.3) is 5.91 Å². The van der Waals surface area contributed by atoms with E-state index in [0.717, 1.165) is 49.2 Å². The molecule has 0 aliphatic carbocycles. The highest BCUT2D eigenvalue weighted by Gasteiger charge is 2.31. The number of benzene rings is 2. The van der Waals surface area contributed by atoms with Crippen LogP contribution in [0.25, 0.3) is 0 Å². The van der Waals surface area contributed by atoms with Crippen molar-refractivity contribution in [2.75, 3.05) is 26.7 Å². The fourth-order valence-electron chi connectivity index (χ4n) is 4.43. The first-order chi connectivity index (χ1) is 14.1. The number of hydrogen-bond donors (Lipinski definition) is 0.